The van der Waals surface area contributed by atoms with Crippen molar-refractivity contribution >= 4 is 37.7 Å². The van der Waals surface area contributed by atoms with Gasteiger partial charge in [-0.2, -0.15) is 0 Å². The maximum absolute atomic E-state index is 6.39. The highest BCUT2D eigenvalue weighted by atomic mass is 79.9. The first kappa shape index (κ1) is 19.0. The monoisotopic (exact) mass is 455 g/mol. The van der Waals surface area contributed by atoms with Gasteiger partial charge in [0.2, 0.25) is 0 Å². The number of rotatable bonds is 4. The van der Waals surface area contributed by atoms with Gasteiger partial charge in [0, 0.05) is 10.8 Å². The number of hydrogen-bond acceptors (Lipinski definition) is 1. The first-order valence-corrected chi connectivity index (χ1v) is 10.9. The maximum Gasteiger partial charge on any atom is 0.157 e. The van der Waals surface area contributed by atoms with E-state index < -0.39 is 0 Å². The molecule has 1 aromatic heterocycles. The second-order valence-electron chi connectivity index (χ2n) is 7.74. The van der Waals surface area contributed by atoms with Crippen LogP contribution in [0.5, 0.6) is 5.75 Å². The lowest BCUT2D eigenvalue weighted by Gasteiger charge is -2.17. The number of benzene rings is 4. The average molecular weight is 456 g/mol. The molecular weight excluding hydrogens is 434 g/mol. The molecule has 30 heavy (non-hydrogen) atoms. The summed E-state index contributed by atoms with van der Waals surface area (Å²) in [7, 11) is 0. The summed E-state index contributed by atoms with van der Waals surface area (Å²) in [6.45, 7) is 4.78. The number of nitrogens with zero attached hydrogens (tertiary/aromatic N) is 1. The van der Waals surface area contributed by atoms with E-state index in [1.165, 1.54) is 32.9 Å². The van der Waals surface area contributed by atoms with Gasteiger partial charge in [-0.3, -0.25) is 0 Å². The largest absolute Gasteiger partial charge is 0.486 e. The predicted octanol–water partition coefficient (Wildman–Crippen LogP) is 7.74. The molecule has 1 heterocycles. The Hall–Kier alpha value is -3.04. The van der Waals surface area contributed by atoms with Crippen LogP contribution in [0.25, 0.3) is 27.5 Å². The molecule has 0 bridgehead atoms. The molecule has 5 aromatic rings. The molecule has 0 unspecified atom stereocenters. The average Bonchev–Trinajstić information content (AvgIpc) is 3.06. The Morgan fingerprint density at radius 1 is 0.733 bits per heavy atom. The zero-order valence-electron chi connectivity index (χ0n) is 17.0. The fourth-order valence-electron chi connectivity index (χ4n) is 4.09. The van der Waals surface area contributed by atoms with Crippen molar-refractivity contribution < 1.29 is 4.74 Å². The van der Waals surface area contributed by atoms with Gasteiger partial charge in [0.05, 0.1) is 21.2 Å². The summed E-state index contributed by atoms with van der Waals surface area (Å²) in [4.78, 5) is 0. The molecule has 0 saturated carbocycles. The van der Waals surface area contributed by atoms with Crippen molar-refractivity contribution in [3.05, 3.63) is 106 Å². The molecule has 0 saturated heterocycles. The van der Waals surface area contributed by atoms with Crippen LogP contribution in [0, 0.1) is 13.8 Å². The van der Waals surface area contributed by atoms with Crippen LogP contribution in [0.4, 0.5) is 0 Å². The van der Waals surface area contributed by atoms with Crippen LogP contribution in [0.1, 0.15) is 16.7 Å². The van der Waals surface area contributed by atoms with Gasteiger partial charge < -0.3 is 9.30 Å². The van der Waals surface area contributed by atoms with Crippen LogP contribution in [0.2, 0.25) is 0 Å². The topological polar surface area (TPSA) is 14.2 Å². The van der Waals surface area contributed by atoms with Gasteiger partial charge in [-0.15, -0.1) is 0 Å². The van der Waals surface area contributed by atoms with Crippen molar-refractivity contribution in [2.75, 3.05) is 0 Å². The molecule has 3 heteroatoms. The van der Waals surface area contributed by atoms with Gasteiger partial charge in [0.25, 0.3) is 0 Å². The van der Waals surface area contributed by atoms with E-state index >= 15 is 0 Å². The number of aryl methyl sites for hydroxylation is 2. The molecule has 0 aliphatic carbocycles. The van der Waals surface area contributed by atoms with Gasteiger partial charge >= 0.3 is 0 Å². The van der Waals surface area contributed by atoms with Gasteiger partial charge in [0.1, 0.15) is 6.61 Å². The Labute approximate surface area is 184 Å². The van der Waals surface area contributed by atoms with Crippen LogP contribution in [-0.2, 0) is 6.61 Å². The van der Waals surface area contributed by atoms with Crippen LogP contribution < -0.4 is 4.74 Å². The fourth-order valence-corrected chi connectivity index (χ4v) is 4.77. The highest BCUT2D eigenvalue weighted by molar-refractivity contribution is 9.10. The standard InChI is InChI=1S/C27H22BrNO/c1-18-12-13-22-21-10-6-7-11-24(21)29(25(22)15-18)26-16-19(2)14-23(28)27(26)30-17-20-8-4-3-5-9-20/h3-16H,17H2,1-2H3. The number of hydrogen-bond donors (Lipinski definition) is 0. The third kappa shape index (κ3) is 3.29. The highest BCUT2D eigenvalue weighted by Crippen LogP contribution is 2.39. The third-order valence-electron chi connectivity index (χ3n) is 5.46. The Morgan fingerprint density at radius 3 is 2.30 bits per heavy atom. The van der Waals surface area contributed by atoms with E-state index in [2.05, 4.69) is 101 Å². The van der Waals surface area contributed by atoms with Gasteiger partial charge in [0.15, 0.2) is 5.75 Å². The van der Waals surface area contributed by atoms with Crippen LogP contribution in [0.3, 0.4) is 0 Å². The van der Waals surface area contributed by atoms with Crippen molar-refractivity contribution in [1.82, 2.24) is 4.57 Å². The fraction of sp³-hybridized carbons (Fsp3) is 0.111. The minimum absolute atomic E-state index is 0.520. The molecule has 2 nitrogen and oxygen atoms in total. The van der Waals surface area contributed by atoms with Crippen molar-refractivity contribution in [2.45, 2.75) is 20.5 Å². The first-order valence-electron chi connectivity index (χ1n) is 10.1. The summed E-state index contributed by atoms with van der Waals surface area (Å²) in [6, 6.07) is 29.8. The lowest BCUT2D eigenvalue weighted by Crippen LogP contribution is -2.03. The molecule has 0 aliphatic rings. The summed E-state index contributed by atoms with van der Waals surface area (Å²) < 4.78 is 9.69. The molecule has 5 rings (SSSR count). The van der Waals surface area contributed by atoms with Crippen molar-refractivity contribution in [2.24, 2.45) is 0 Å². The Morgan fingerprint density at radius 2 is 1.47 bits per heavy atom. The lowest BCUT2D eigenvalue weighted by molar-refractivity contribution is 0.303. The van der Waals surface area contributed by atoms with Gasteiger partial charge in [-0.25, -0.2) is 0 Å². The SMILES string of the molecule is Cc1cc(Br)c(OCc2ccccc2)c(-n2c3ccccc3c3ccc(C)cc32)c1. The number of ether oxygens (including phenoxy) is 1. The van der Waals surface area contributed by atoms with E-state index in [-0.39, 0.29) is 0 Å². The molecule has 0 atom stereocenters. The van der Waals surface area contributed by atoms with Crippen LogP contribution >= 0.6 is 15.9 Å². The van der Waals surface area contributed by atoms with Crippen molar-refractivity contribution in [3.63, 3.8) is 0 Å². The zero-order chi connectivity index (χ0) is 20.7. The highest BCUT2D eigenvalue weighted by Gasteiger charge is 2.18. The normalized spacial score (nSPS) is 11.3. The van der Waals surface area contributed by atoms with Crippen LogP contribution in [-0.4, -0.2) is 4.57 Å². The minimum Gasteiger partial charge on any atom is -0.486 e. The molecule has 0 spiro atoms. The minimum atomic E-state index is 0.520. The number of halogens is 1. The van der Waals surface area contributed by atoms with Gasteiger partial charge in [-0.05, 0) is 70.7 Å². The summed E-state index contributed by atoms with van der Waals surface area (Å²) in [5.41, 5.74) is 6.99. The molecule has 4 aromatic carbocycles. The lowest BCUT2D eigenvalue weighted by atomic mass is 10.1. The van der Waals surface area contributed by atoms with E-state index in [9.17, 15) is 0 Å². The Balaban J connectivity index is 1.76. The second-order valence-corrected chi connectivity index (χ2v) is 8.60. The first-order chi connectivity index (χ1) is 14.6. The van der Waals surface area contributed by atoms with Crippen molar-refractivity contribution in [1.29, 1.82) is 0 Å². The smallest absolute Gasteiger partial charge is 0.157 e. The molecule has 0 fully saturated rings. The molecule has 0 radical (unpaired) electrons. The molecule has 0 amide bonds. The summed E-state index contributed by atoms with van der Waals surface area (Å²) in [6.07, 6.45) is 0. The Bertz CT molecular complexity index is 1370. The van der Waals surface area contributed by atoms with E-state index in [1.54, 1.807) is 0 Å². The second kappa shape index (κ2) is 7.66. The van der Waals surface area contributed by atoms with E-state index in [4.69, 9.17) is 4.74 Å². The third-order valence-corrected chi connectivity index (χ3v) is 6.05. The quantitative estimate of drug-likeness (QED) is 0.270. The number of aromatic nitrogens is 1. The number of para-hydroxylation sites is 1. The summed E-state index contributed by atoms with van der Waals surface area (Å²) in [5, 5.41) is 2.50. The van der Waals surface area contributed by atoms with Gasteiger partial charge in [-0.1, -0.05) is 60.7 Å². The molecular formula is C27H22BrNO. The molecule has 148 valence electrons. The summed E-state index contributed by atoms with van der Waals surface area (Å²) >= 11 is 3.76. The van der Waals surface area contributed by atoms with E-state index in [0.717, 1.165) is 21.5 Å². The van der Waals surface area contributed by atoms with Crippen LogP contribution in [0.15, 0.2) is 89.4 Å². The molecule has 0 aliphatic heterocycles. The van der Waals surface area contributed by atoms with E-state index in [1.807, 2.05) is 18.2 Å². The Kier molecular flexibility index (Phi) is 4.84. The number of fused-ring (bicyclic) bond motifs is 3. The zero-order valence-corrected chi connectivity index (χ0v) is 18.6. The summed E-state index contributed by atoms with van der Waals surface area (Å²) in [5.74, 6) is 0.855. The maximum atomic E-state index is 6.39. The predicted molar refractivity (Wildman–Crippen MR) is 129 cm³/mol. The van der Waals surface area contributed by atoms with E-state index in [0.29, 0.717) is 6.61 Å². The molecule has 0 N–H and O–H groups in total. The van der Waals surface area contributed by atoms with Crippen molar-refractivity contribution in [3.8, 4) is 11.4 Å².